The third-order valence-electron chi connectivity index (χ3n) is 2.91. The fraction of sp³-hybridized carbons (Fsp3) is 0.125. The maximum absolute atomic E-state index is 11.9. The summed E-state index contributed by atoms with van der Waals surface area (Å²) in [5, 5.41) is 14.4. The van der Waals surface area contributed by atoms with Crippen molar-refractivity contribution in [3.05, 3.63) is 69.8 Å². The molecule has 0 aliphatic heterocycles. The van der Waals surface area contributed by atoms with Crippen LogP contribution in [0.2, 0.25) is 0 Å². The quantitative estimate of drug-likeness (QED) is 0.504. The maximum atomic E-state index is 11.9. The van der Waals surface area contributed by atoms with Crippen LogP contribution in [0.5, 0.6) is 5.75 Å². The van der Waals surface area contributed by atoms with Crippen LogP contribution in [0.25, 0.3) is 0 Å². The van der Waals surface area contributed by atoms with Crippen LogP contribution in [-0.4, -0.2) is 23.7 Å². The lowest BCUT2D eigenvalue weighted by molar-refractivity contribution is -0.384. The number of amides is 1. The zero-order valence-electron chi connectivity index (χ0n) is 12.4. The molecule has 0 fully saturated rings. The SMILES string of the molecule is CCOc1ccc(C(=O)NN=Cc2ccc([N+](=O)[O-])cc2)cc1. The van der Waals surface area contributed by atoms with Gasteiger partial charge in [-0.3, -0.25) is 14.9 Å². The molecule has 0 radical (unpaired) electrons. The lowest BCUT2D eigenvalue weighted by atomic mass is 10.2. The molecule has 0 aliphatic rings. The van der Waals surface area contributed by atoms with E-state index in [0.717, 1.165) is 0 Å². The van der Waals surface area contributed by atoms with E-state index < -0.39 is 4.92 Å². The fourth-order valence-corrected chi connectivity index (χ4v) is 1.78. The minimum absolute atomic E-state index is 0.000531. The highest BCUT2D eigenvalue weighted by Gasteiger charge is 2.05. The zero-order chi connectivity index (χ0) is 16.7. The van der Waals surface area contributed by atoms with E-state index in [4.69, 9.17) is 4.74 Å². The summed E-state index contributed by atoms with van der Waals surface area (Å²) < 4.78 is 5.30. The number of nitro benzene ring substituents is 1. The molecule has 0 unspecified atom stereocenters. The summed E-state index contributed by atoms with van der Waals surface area (Å²) >= 11 is 0. The molecule has 0 aromatic heterocycles. The molecule has 0 bridgehead atoms. The molecule has 0 spiro atoms. The molecule has 2 aromatic rings. The number of carbonyl (C=O) groups is 1. The number of nitrogens with zero attached hydrogens (tertiary/aromatic N) is 2. The molecule has 0 atom stereocenters. The Labute approximate surface area is 132 Å². The van der Waals surface area contributed by atoms with Gasteiger partial charge in [-0.05, 0) is 48.9 Å². The van der Waals surface area contributed by atoms with Gasteiger partial charge in [0.1, 0.15) is 5.75 Å². The number of ether oxygens (including phenoxy) is 1. The first kappa shape index (κ1) is 16.2. The van der Waals surface area contributed by atoms with Gasteiger partial charge in [-0.2, -0.15) is 5.10 Å². The number of nitro groups is 1. The molecule has 0 aliphatic carbocycles. The van der Waals surface area contributed by atoms with Crippen molar-refractivity contribution < 1.29 is 14.5 Å². The molecule has 1 N–H and O–H groups in total. The minimum atomic E-state index is -0.478. The van der Waals surface area contributed by atoms with E-state index in [-0.39, 0.29) is 11.6 Å². The summed E-state index contributed by atoms with van der Waals surface area (Å²) in [6.45, 7) is 2.44. The van der Waals surface area contributed by atoms with Gasteiger partial charge >= 0.3 is 0 Å². The second kappa shape index (κ2) is 7.69. The van der Waals surface area contributed by atoms with Gasteiger partial charge in [0.25, 0.3) is 11.6 Å². The second-order valence-corrected chi connectivity index (χ2v) is 4.51. The van der Waals surface area contributed by atoms with E-state index in [1.165, 1.54) is 18.3 Å². The minimum Gasteiger partial charge on any atom is -0.494 e. The van der Waals surface area contributed by atoms with Gasteiger partial charge in [0.2, 0.25) is 0 Å². The molecule has 0 heterocycles. The molecule has 0 saturated heterocycles. The largest absolute Gasteiger partial charge is 0.494 e. The first-order valence-corrected chi connectivity index (χ1v) is 6.91. The second-order valence-electron chi connectivity index (χ2n) is 4.51. The van der Waals surface area contributed by atoms with Gasteiger partial charge in [0, 0.05) is 17.7 Å². The Kier molecular flexibility index (Phi) is 5.40. The van der Waals surface area contributed by atoms with Gasteiger partial charge in [-0.15, -0.1) is 0 Å². The summed E-state index contributed by atoms with van der Waals surface area (Å²) in [6.07, 6.45) is 1.41. The highest BCUT2D eigenvalue weighted by molar-refractivity contribution is 5.95. The van der Waals surface area contributed by atoms with Gasteiger partial charge in [-0.25, -0.2) is 5.43 Å². The summed E-state index contributed by atoms with van der Waals surface area (Å²) in [6, 6.07) is 12.5. The number of nitrogens with one attached hydrogen (secondary N) is 1. The topological polar surface area (TPSA) is 93.8 Å². The van der Waals surface area contributed by atoms with Crippen molar-refractivity contribution in [2.45, 2.75) is 6.92 Å². The molecule has 7 heteroatoms. The van der Waals surface area contributed by atoms with Crippen molar-refractivity contribution in [3.8, 4) is 5.75 Å². The van der Waals surface area contributed by atoms with Crippen molar-refractivity contribution in [1.29, 1.82) is 0 Å². The van der Waals surface area contributed by atoms with Crippen molar-refractivity contribution in [2.75, 3.05) is 6.61 Å². The van der Waals surface area contributed by atoms with Crippen LogP contribution in [0.15, 0.2) is 53.6 Å². The van der Waals surface area contributed by atoms with Crippen LogP contribution >= 0.6 is 0 Å². The highest BCUT2D eigenvalue weighted by Crippen LogP contribution is 2.12. The molecule has 2 rings (SSSR count). The lowest BCUT2D eigenvalue weighted by Gasteiger charge is -2.03. The van der Waals surface area contributed by atoms with Crippen molar-refractivity contribution in [3.63, 3.8) is 0 Å². The molecule has 2 aromatic carbocycles. The Hall–Kier alpha value is -3.22. The van der Waals surface area contributed by atoms with Crippen LogP contribution in [0.3, 0.4) is 0 Å². The van der Waals surface area contributed by atoms with Crippen molar-refractivity contribution in [1.82, 2.24) is 5.43 Å². The number of carbonyl (C=O) groups excluding carboxylic acids is 1. The van der Waals surface area contributed by atoms with E-state index in [2.05, 4.69) is 10.5 Å². The molecule has 1 amide bonds. The van der Waals surface area contributed by atoms with E-state index in [0.29, 0.717) is 23.5 Å². The number of non-ortho nitro benzene ring substituents is 1. The highest BCUT2D eigenvalue weighted by atomic mass is 16.6. The average Bonchev–Trinajstić information content (AvgIpc) is 2.56. The molecule has 7 nitrogen and oxygen atoms in total. The van der Waals surface area contributed by atoms with Crippen LogP contribution in [0, 0.1) is 10.1 Å². The summed E-state index contributed by atoms with van der Waals surface area (Å²) in [5.74, 6) is 0.338. The molecule has 23 heavy (non-hydrogen) atoms. The molecule has 118 valence electrons. The number of hydrazone groups is 1. The van der Waals surface area contributed by atoms with Crippen molar-refractivity contribution >= 4 is 17.8 Å². The number of hydrogen-bond acceptors (Lipinski definition) is 5. The monoisotopic (exact) mass is 313 g/mol. The third-order valence-corrected chi connectivity index (χ3v) is 2.91. The van der Waals surface area contributed by atoms with E-state index in [9.17, 15) is 14.9 Å². The number of rotatable bonds is 6. The van der Waals surface area contributed by atoms with E-state index in [1.807, 2.05) is 6.92 Å². The summed E-state index contributed by atoms with van der Waals surface area (Å²) in [7, 11) is 0. The number of benzene rings is 2. The molecular formula is C16H15N3O4. The standard InChI is InChI=1S/C16H15N3O4/c1-2-23-15-9-5-13(6-10-15)16(20)18-17-11-12-3-7-14(8-4-12)19(21)22/h3-11H,2H2,1H3,(H,18,20). The third kappa shape index (κ3) is 4.63. The van der Waals surface area contributed by atoms with E-state index in [1.54, 1.807) is 36.4 Å². The number of hydrogen-bond donors (Lipinski definition) is 1. The molecular weight excluding hydrogens is 298 g/mol. The van der Waals surface area contributed by atoms with Crippen LogP contribution < -0.4 is 10.2 Å². The van der Waals surface area contributed by atoms with Gasteiger partial charge in [0.15, 0.2) is 0 Å². The zero-order valence-corrected chi connectivity index (χ0v) is 12.4. The van der Waals surface area contributed by atoms with Gasteiger partial charge in [0.05, 0.1) is 17.7 Å². The normalized spacial score (nSPS) is 10.5. The smallest absolute Gasteiger partial charge is 0.271 e. The lowest BCUT2D eigenvalue weighted by Crippen LogP contribution is -2.17. The van der Waals surface area contributed by atoms with Crippen molar-refractivity contribution in [2.24, 2.45) is 5.10 Å². The van der Waals surface area contributed by atoms with E-state index >= 15 is 0 Å². The van der Waals surface area contributed by atoms with Crippen LogP contribution in [0.4, 0.5) is 5.69 Å². The first-order valence-electron chi connectivity index (χ1n) is 6.91. The predicted octanol–water partition coefficient (Wildman–Crippen LogP) is 2.76. The summed E-state index contributed by atoms with van der Waals surface area (Å²) in [4.78, 5) is 22.0. The van der Waals surface area contributed by atoms with Gasteiger partial charge in [-0.1, -0.05) is 0 Å². The Morgan fingerprint density at radius 2 is 1.87 bits per heavy atom. The van der Waals surface area contributed by atoms with Crippen LogP contribution in [-0.2, 0) is 0 Å². The Balaban J connectivity index is 1.93. The fourth-order valence-electron chi connectivity index (χ4n) is 1.78. The van der Waals surface area contributed by atoms with Crippen LogP contribution in [0.1, 0.15) is 22.8 Å². The predicted molar refractivity (Wildman–Crippen MR) is 85.8 cm³/mol. The first-order chi connectivity index (χ1) is 11.1. The maximum Gasteiger partial charge on any atom is 0.271 e. The van der Waals surface area contributed by atoms with Gasteiger partial charge < -0.3 is 4.74 Å². The summed E-state index contributed by atoms with van der Waals surface area (Å²) in [5.41, 5.74) is 3.49. The Morgan fingerprint density at radius 1 is 1.22 bits per heavy atom. The Bertz CT molecular complexity index is 709. The Morgan fingerprint density at radius 3 is 2.43 bits per heavy atom. The molecule has 0 saturated carbocycles. The average molecular weight is 313 g/mol.